The monoisotopic (exact) mass is 377 g/mol. The van der Waals surface area contributed by atoms with Crippen LogP contribution >= 0.6 is 0 Å². The van der Waals surface area contributed by atoms with Gasteiger partial charge in [0.25, 0.3) is 0 Å². The van der Waals surface area contributed by atoms with E-state index in [0.717, 1.165) is 0 Å². The van der Waals surface area contributed by atoms with Crippen LogP contribution in [0.3, 0.4) is 0 Å². The third-order valence-electron chi connectivity index (χ3n) is 0. The van der Waals surface area contributed by atoms with E-state index in [1.165, 1.54) is 0 Å². The maximum absolute atomic E-state index is 0. The Kier molecular flexibility index (Phi) is 515. The summed E-state index contributed by atoms with van der Waals surface area (Å²) in [5, 5.41) is 0. The van der Waals surface area contributed by atoms with E-state index in [9.17, 15) is 0 Å². The Morgan fingerprint density at radius 1 is 1.00 bits per heavy atom. The van der Waals surface area contributed by atoms with E-state index < -0.39 is 0 Å². The molecule has 0 bridgehead atoms. The van der Waals surface area contributed by atoms with Crippen LogP contribution in [-0.4, -0.2) is 17.4 Å². The van der Waals surface area contributed by atoms with Crippen molar-refractivity contribution in [3.63, 3.8) is 0 Å². The minimum absolute atomic E-state index is 0. The summed E-state index contributed by atoms with van der Waals surface area (Å²) in [4.78, 5) is 0. The van der Waals surface area contributed by atoms with E-state index in [-0.39, 0.29) is 126 Å². The van der Waals surface area contributed by atoms with Gasteiger partial charge in [-0.05, 0) is 0 Å². The van der Waals surface area contributed by atoms with E-state index in [4.69, 9.17) is 0 Å². The fraction of sp³-hybridized carbons (Fsp3) is 0. The van der Waals surface area contributed by atoms with Gasteiger partial charge in [-0.25, -0.2) is 0 Å². The molecule has 0 aliphatic heterocycles. The van der Waals surface area contributed by atoms with Crippen molar-refractivity contribution in [2.24, 2.45) is 0 Å². The molecule has 0 heterocycles. The van der Waals surface area contributed by atoms with Crippen molar-refractivity contribution in [3.8, 4) is 0 Å². The van der Waals surface area contributed by atoms with Crippen LogP contribution in [0.25, 0.3) is 0 Å². The second kappa shape index (κ2) is 51.5. The Hall–Kier alpha value is 3.91. The summed E-state index contributed by atoms with van der Waals surface area (Å²) in [6.07, 6.45) is 0. The SMILES string of the molecule is [AlH3].[Co].[Cu].[Mn].[Ni].[Ti].[Zn]. The fourth-order valence-corrected chi connectivity index (χ4v) is 0. The third kappa shape index (κ3) is 40.6. The summed E-state index contributed by atoms with van der Waals surface area (Å²) < 4.78 is 0. The molecule has 0 saturated carbocycles. The van der Waals surface area contributed by atoms with Gasteiger partial charge in [-0.2, -0.15) is 0 Å². The molecule has 0 saturated heterocycles. The molecule has 49 valence electrons. The second-order valence-electron chi connectivity index (χ2n) is 0. The molecule has 0 spiro atoms. The van der Waals surface area contributed by atoms with Crippen LogP contribution in [0.1, 0.15) is 0 Å². The summed E-state index contributed by atoms with van der Waals surface area (Å²) in [6.45, 7) is 0. The average Bonchev–Trinajstić information content (AvgIpc) is 0. The van der Waals surface area contributed by atoms with Gasteiger partial charge in [0.2, 0.25) is 0 Å². The Labute approximate surface area is 124 Å². The summed E-state index contributed by atoms with van der Waals surface area (Å²) >= 11 is 0. The molecule has 0 aromatic carbocycles. The summed E-state index contributed by atoms with van der Waals surface area (Å²) in [7, 11) is 0. The Morgan fingerprint density at radius 2 is 1.00 bits per heavy atom. The molecule has 7 heavy (non-hydrogen) atoms. The van der Waals surface area contributed by atoms with E-state index >= 15 is 0 Å². The average molecular weight is 379 g/mol. The molecular formula is H3AlCoCuMnNiTiZn. The fourth-order valence-electron chi connectivity index (χ4n) is 0. The van der Waals surface area contributed by atoms with Gasteiger partial charge in [-0.15, -0.1) is 0 Å². The standard InChI is InChI=1S/Al.Co.Cu.Mn.Ni.Ti.Zn.3H. The van der Waals surface area contributed by atoms with Crippen molar-refractivity contribution in [2.75, 3.05) is 0 Å². The van der Waals surface area contributed by atoms with E-state index in [0.29, 0.717) is 0 Å². The predicted molar refractivity (Wildman–Crippen MR) is 9.94 cm³/mol. The molecule has 0 unspecified atom stereocenters. The van der Waals surface area contributed by atoms with E-state index in [1.807, 2.05) is 0 Å². The van der Waals surface area contributed by atoms with Gasteiger partial charge in [0, 0.05) is 109 Å². The molecule has 0 aromatic heterocycles. The quantitative estimate of drug-likeness (QED) is 0.464. The maximum atomic E-state index is 0. The molecule has 3 radical (unpaired) electrons. The second-order valence-corrected chi connectivity index (χ2v) is 0. The van der Waals surface area contributed by atoms with Gasteiger partial charge in [0.1, 0.15) is 0 Å². The number of hydrogen-bond donors (Lipinski definition) is 0. The molecule has 0 atom stereocenters. The molecule has 0 fully saturated rings. The molecule has 0 N–H and O–H groups in total. The third-order valence-corrected chi connectivity index (χ3v) is 0. The molecule has 0 aromatic rings. The van der Waals surface area contributed by atoms with Gasteiger partial charge in [-0.1, -0.05) is 0 Å². The zero-order valence-electron chi connectivity index (χ0n) is 2.54. The van der Waals surface area contributed by atoms with Crippen LogP contribution in [0, 0.1) is 0 Å². The predicted octanol–water partition coefficient (Wildman–Crippen LogP) is -1.20. The zero-order valence-corrected chi connectivity index (χ0v) is 11.2. The molecular weight excluding hydrogens is 376 g/mol. The van der Waals surface area contributed by atoms with Crippen molar-refractivity contribution < 1.29 is 109 Å². The van der Waals surface area contributed by atoms with E-state index in [2.05, 4.69) is 0 Å². The number of rotatable bonds is 0. The van der Waals surface area contributed by atoms with Crippen LogP contribution in [0.2, 0.25) is 0 Å². The van der Waals surface area contributed by atoms with Crippen LogP contribution in [0.5, 0.6) is 0 Å². The largest absolute Gasteiger partial charge is 0.187 e. The van der Waals surface area contributed by atoms with E-state index in [1.54, 1.807) is 0 Å². The molecule has 0 nitrogen and oxygen atoms in total. The van der Waals surface area contributed by atoms with Crippen molar-refractivity contribution in [1.29, 1.82) is 0 Å². The van der Waals surface area contributed by atoms with Crippen molar-refractivity contribution in [2.45, 2.75) is 0 Å². The number of hydrogen-bond acceptors (Lipinski definition) is 0. The minimum Gasteiger partial charge on any atom is 0 e. The van der Waals surface area contributed by atoms with Crippen LogP contribution in [0.15, 0.2) is 0 Å². The maximum Gasteiger partial charge on any atom is 0.187 e. The van der Waals surface area contributed by atoms with Gasteiger partial charge in [0.15, 0.2) is 17.4 Å². The van der Waals surface area contributed by atoms with Gasteiger partial charge in [0.05, 0.1) is 0 Å². The topological polar surface area (TPSA) is 0 Å². The summed E-state index contributed by atoms with van der Waals surface area (Å²) in [5.41, 5.74) is 0. The van der Waals surface area contributed by atoms with Gasteiger partial charge in [-0.3, -0.25) is 0 Å². The smallest absolute Gasteiger partial charge is 0 e. The molecule has 0 amide bonds. The molecule has 0 rings (SSSR count). The Balaban J connectivity index is 0. The van der Waals surface area contributed by atoms with Gasteiger partial charge >= 0.3 is 0 Å². The summed E-state index contributed by atoms with van der Waals surface area (Å²) in [6, 6.07) is 0. The molecule has 0 aliphatic rings. The Morgan fingerprint density at radius 3 is 1.00 bits per heavy atom. The first-order chi connectivity index (χ1) is 0. The zero-order chi connectivity index (χ0) is 0. The summed E-state index contributed by atoms with van der Waals surface area (Å²) in [5.74, 6) is 0. The van der Waals surface area contributed by atoms with Crippen LogP contribution in [-0.2, 0) is 109 Å². The first kappa shape index (κ1) is 70.1. The molecule has 7 heteroatoms. The first-order valence-electron chi connectivity index (χ1n) is 0. The van der Waals surface area contributed by atoms with Gasteiger partial charge < -0.3 is 0 Å². The molecule has 0 aliphatic carbocycles. The van der Waals surface area contributed by atoms with Crippen molar-refractivity contribution in [3.05, 3.63) is 0 Å². The van der Waals surface area contributed by atoms with Crippen LogP contribution in [0.4, 0.5) is 0 Å². The van der Waals surface area contributed by atoms with Crippen molar-refractivity contribution >= 4 is 17.4 Å². The normalized spacial score (nSPS) is 0. The van der Waals surface area contributed by atoms with Crippen LogP contribution < -0.4 is 0 Å². The van der Waals surface area contributed by atoms with Crippen molar-refractivity contribution in [1.82, 2.24) is 0 Å². The Bertz CT molecular complexity index is 19.7. The first-order valence-corrected chi connectivity index (χ1v) is 0. The minimum atomic E-state index is 0.